The molecule has 178 valence electrons. The fourth-order valence-corrected chi connectivity index (χ4v) is 8.11. The average molecular weight is 451 g/mol. The van der Waals surface area contributed by atoms with Gasteiger partial charge in [0.05, 0.1) is 5.54 Å². The van der Waals surface area contributed by atoms with E-state index < -0.39 is 5.54 Å². The third-order valence-corrected chi connectivity index (χ3v) is 10.0. The Balaban J connectivity index is 1.35. The van der Waals surface area contributed by atoms with Crippen molar-refractivity contribution in [2.45, 2.75) is 77.8 Å². The SMILES string of the molecule is CC(C)(NC(=O)[C@H]1CC[C@H]2[C@@H]3CC[C@H]4NC(=O)C=C[C@]4(C)[C@H]3CC[C@]12C)c1ccc(O)cc1. The van der Waals surface area contributed by atoms with Crippen LogP contribution in [0.4, 0.5) is 0 Å². The van der Waals surface area contributed by atoms with Crippen LogP contribution in [-0.4, -0.2) is 23.0 Å². The number of rotatable bonds is 3. The zero-order chi connectivity index (χ0) is 23.6. The molecular weight excluding hydrogens is 412 g/mol. The molecule has 5 heteroatoms. The molecule has 1 aromatic rings. The maximum atomic E-state index is 13.6. The van der Waals surface area contributed by atoms with Crippen LogP contribution in [0.15, 0.2) is 36.4 Å². The van der Waals surface area contributed by atoms with Crippen molar-refractivity contribution in [3.63, 3.8) is 0 Å². The van der Waals surface area contributed by atoms with Gasteiger partial charge in [-0.2, -0.15) is 0 Å². The molecule has 5 rings (SSSR count). The number of phenols is 1. The Bertz CT molecular complexity index is 983. The molecule has 0 aromatic heterocycles. The largest absolute Gasteiger partial charge is 0.508 e. The van der Waals surface area contributed by atoms with Crippen LogP contribution in [0, 0.1) is 34.5 Å². The lowest BCUT2D eigenvalue weighted by Crippen LogP contribution is -2.59. The molecule has 0 bridgehead atoms. The fourth-order valence-electron chi connectivity index (χ4n) is 8.11. The predicted octanol–water partition coefficient (Wildman–Crippen LogP) is 4.66. The topological polar surface area (TPSA) is 78.4 Å². The highest BCUT2D eigenvalue weighted by Crippen LogP contribution is 2.65. The Hall–Kier alpha value is -2.30. The minimum atomic E-state index is -0.493. The summed E-state index contributed by atoms with van der Waals surface area (Å²) in [6.45, 7) is 8.78. The van der Waals surface area contributed by atoms with Gasteiger partial charge in [0.2, 0.25) is 11.8 Å². The van der Waals surface area contributed by atoms with Crippen molar-refractivity contribution < 1.29 is 14.7 Å². The summed E-state index contributed by atoms with van der Waals surface area (Å²) >= 11 is 0. The summed E-state index contributed by atoms with van der Waals surface area (Å²) in [7, 11) is 0. The van der Waals surface area contributed by atoms with Crippen LogP contribution >= 0.6 is 0 Å². The van der Waals surface area contributed by atoms with Gasteiger partial charge in [0.15, 0.2) is 0 Å². The van der Waals surface area contributed by atoms with E-state index in [9.17, 15) is 14.7 Å². The Morgan fingerprint density at radius 2 is 1.79 bits per heavy atom. The highest BCUT2D eigenvalue weighted by Gasteiger charge is 2.61. The first kappa shape index (κ1) is 22.5. The van der Waals surface area contributed by atoms with Crippen molar-refractivity contribution in [3.05, 3.63) is 42.0 Å². The minimum Gasteiger partial charge on any atom is -0.508 e. The Morgan fingerprint density at radius 3 is 2.52 bits per heavy atom. The van der Waals surface area contributed by atoms with Crippen molar-refractivity contribution in [2.75, 3.05) is 0 Å². The summed E-state index contributed by atoms with van der Waals surface area (Å²) in [4.78, 5) is 25.6. The standard InChI is InChI=1S/C28H38N2O3/c1-26(2,17-5-7-18(31)8-6-17)30-25(33)22-11-10-20-19-9-12-23-28(4,16-14-24(32)29-23)21(19)13-15-27(20,22)3/h5-8,14,16,19-23,31H,9-13,15H2,1-4H3,(H,29,32)(H,30,33)/t19-,20-,21-,22+,23+,27-,28+/m0/s1. The molecule has 3 fully saturated rings. The number of amides is 2. The third-order valence-electron chi connectivity index (χ3n) is 10.0. The quantitative estimate of drug-likeness (QED) is 0.627. The number of benzene rings is 1. The first-order chi connectivity index (χ1) is 15.5. The summed E-state index contributed by atoms with van der Waals surface area (Å²) in [6, 6.07) is 7.37. The lowest BCUT2D eigenvalue weighted by molar-refractivity contribution is -0.135. The molecule has 33 heavy (non-hydrogen) atoms. The summed E-state index contributed by atoms with van der Waals surface area (Å²) in [5, 5.41) is 16.2. The zero-order valence-electron chi connectivity index (χ0n) is 20.4. The Kier molecular flexibility index (Phi) is 5.19. The van der Waals surface area contributed by atoms with Gasteiger partial charge in [0, 0.05) is 17.4 Å². The van der Waals surface area contributed by atoms with E-state index in [4.69, 9.17) is 0 Å². The molecular formula is C28H38N2O3. The second kappa shape index (κ2) is 7.61. The van der Waals surface area contributed by atoms with Crippen molar-refractivity contribution >= 4 is 11.8 Å². The molecule has 1 aliphatic heterocycles. The molecule has 0 saturated heterocycles. The first-order valence-corrected chi connectivity index (χ1v) is 12.7. The smallest absolute Gasteiger partial charge is 0.243 e. The number of hydrogen-bond donors (Lipinski definition) is 3. The molecule has 2 amide bonds. The van der Waals surface area contributed by atoms with Crippen molar-refractivity contribution in [1.29, 1.82) is 0 Å². The monoisotopic (exact) mass is 450 g/mol. The zero-order valence-corrected chi connectivity index (χ0v) is 20.4. The van der Waals surface area contributed by atoms with Crippen LogP contribution in [0.1, 0.15) is 71.8 Å². The molecule has 4 aliphatic rings. The normalized spacial score (nSPS) is 39.8. The van der Waals surface area contributed by atoms with E-state index in [1.54, 1.807) is 18.2 Å². The van der Waals surface area contributed by atoms with Gasteiger partial charge in [-0.25, -0.2) is 0 Å². The molecule has 3 N–H and O–H groups in total. The van der Waals surface area contributed by atoms with E-state index in [1.807, 2.05) is 26.0 Å². The average Bonchev–Trinajstić information content (AvgIpc) is 3.11. The molecule has 3 saturated carbocycles. The van der Waals surface area contributed by atoms with Crippen molar-refractivity contribution in [1.82, 2.24) is 10.6 Å². The fraction of sp³-hybridized carbons (Fsp3) is 0.643. The maximum Gasteiger partial charge on any atom is 0.243 e. The van der Waals surface area contributed by atoms with Gasteiger partial charge >= 0.3 is 0 Å². The van der Waals surface area contributed by atoms with E-state index >= 15 is 0 Å². The highest BCUT2D eigenvalue weighted by molar-refractivity contribution is 5.89. The van der Waals surface area contributed by atoms with Crippen molar-refractivity contribution in [2.24, 2.45) is 34.5 Å². The number of carbonyl (C=O) groups excluding carboxylic acids is 2. The molecule has 7 atom stereocenters. The maximum absolute atomic E-state index is 13.6. The number of nitrogens with one attached hydrogen (secondary N) is 2. The molecule has 5 nitrogen and oxygen atoms in total. The van der Waals surface area contributed by atoms with Crippen LogP contribution in [-0.2, 0) is 15.1 Å². The van der Waals surface area contributed by atoms with E-state index in [-0.39, 0.29) is 40.4 Å². The van der Waals surface area contributed by atoms with Gasteiger partial charge in [-0.05, 0) is 99.3 Å². The van der Waals surface area contributed by atoms with Crippen LogP contribution in [0.3, 0.4) is 0 Å². The van der Waals surface area contributed by atoms with E-state index in [1.165, 1.54) is 0 Å². The summed E-state index contributed by atoms with van der Waals surface area (Å²) < 4.78 is 0. The van der Waals surface area contributed by atoms with Crippen LogP contribution < -0.4 is 10.6 Å². The van der Waals surface area contributed by atoms with E-state index in [2.05, 4.69) is 30.6 Å². The van der Waals surface area contributed by atoms with Gasteiger partial charge in [-0.3, -0.25) is 9.59 Å². The van der Waals surface area contributed by atoms with Gasteiger partial charge < -0.3 is 15.7 Å². The minimum absolute atomic E-state index is 0.0271. The summed E-state index contributed by atoms with van der Waals surface area (Å²) in [5.41, 5.74) is 0.558. The van der Waals surface area contributed by atoms with Crippen LogP contribution in [0.5, 0.6) is 5.75 Å². The Morgan fingerprint density at radius 1 is 1.06 bits per heavy atom. The highest BCUT2D eigenvalue weighted by atomic mass is 16.3. The predicted molar refractivity (Wildman–Crippen MR) is 128 cm³/mol. The molecule has 0 radical (unpaired) electrons. The summed E-state index contributed by atoms with van der Waals surface area (Å²) in [5.74, 6) is 2.24. The lowest BCUT2D eigenvalue weighted by Gasteiger charge is -2.58. The molecule has 0 spiro atoms. The Labute approximate surface area is 197 Å². The number of aromatic hydroxyl groups is 1. The molecule has 1 aromatic carbocycles. The third kappa shape index (κ3) is 3.50. The van der Waals surface area contributed by atoms with Crippen LogP contribution in [0.25, 0.3) is 0 Å². The van der Waals surface area contributed by atoms with Gasteiger partial charge in [-0.1, -0.05) is 32.1 Å². The lowest BCUT2D eigenvalue weighted by atomic mass is 9.48. The number of fused-ring (bicyclic) bond motifs is 5. The van der Waals surface area contributed by atoms with Crippen molar-refractivity contribution in [3.8, 4) is 5.75 Å². The number of hydrogen-bond acceptors (Lipinski definition) is 3. The van der Waals surface area contributed by atoms with E-state index in [0.717, 1.165) is 44.1 Å². The van der Waals surface area contributed by atoms with Crippen LogP contribution in [0.2, 0.25) is 0 Å². The number of carbonyl (C=O) groups is 2. The molecule has 1 heterocycles. The first-order valence-electron chi connectivity index (χ1n) is 12.7. The van der Waals surface area contributed by atoms with E-state index in [0.29, 0.717) is 17.8 Å². The van der Waals surface area contributed by atoms with Gasteiger partial charge in [0.25, 0.3) is 0 Å². The van der Waals surface area contributed by atoms with Gasteiger partial charge in [-0.15, -0.1) is 0 Å². The second-order valence-corrected chi connectivity index (χ2v) is 12.1. The molecule has 0 unspecified atom stereocenters. The van der Waals surface area contributed by atoms with Gasteiger partial charge in [0.1, 0.15) is 5.75 Å². The molecule has 3 aliphatic carbocycles. The second-order valence-electron chi connectivity index (χ2n) is 12.1. The summed E-state index contributed by atoms with van der Waals surface area (Å²) in [6.07, 6.45) is 10.4. The number of phenolic OH excluding ortho intramolecular Hbond substituents is 1.